The summed E-state index contributed by atoms with van der Waals surface area (Å²) in [6.07, 6.45) is 1.80. The maximum absolute atomic E-state index is 10.6. The van der Waals surface area contributed by atoms with E-state index >= 15 is 0 Å². The van der Waals surface area contributed by atoms with Gasteiger partial charge in [0.1, 0.15) is 17.3 Å². The third kappa shape index (κ3) is 3.24. The summed E-state index contributed by atoms with van der Waals surface area (Å²) in [6, 6.07) is 7.03. The van der Waals surface area contributed by atoms with Crippen LogP contribution in [0, 0.1) is 0 Å². The summed E-state index contributed by atoms with van der Waals surface area (Å²) in [4.78, 5) is 17.3. The van der Waals surface area contributed by atoms with Gasteiger partial charge in [0.2, 0.25) is 0 Å². The first-order valence-electron chi connectivity index (χ1n) is 5.30. The number of carboxylic acid groups (broad SMARTS) is 1. The van der Waals surface area contributed by atoms with Gasteiger partial charge in [-0.2, -0.15) is 0 Å². The Bertz CT molecular complexity index is 537. The minimum absolute atomic E-state index is 0.0801. The lowest BCUT2D eigenvalue weighted by Gasteiger charge is -2.04. The van der Waals surface area contributed by atoms with Crippen molar-refractivity contribution >= 4 is 17.6 Å². The first kappa shape index (κ1) is 12.4. The van der Waals surface area contributed by atoms with Gasteiger partial charge in [-0.25, -0.2) is 9.78 Å². The van der Waals surface area contributed by atoms with E-state index in [2.05, 4.69) is 9.97 Å². The molecule has 0 saturated heterocycles. The number of benzene rings is 1. The number of carbonyl (C=O) groups is 1. The summed E-state index contributed by atoms with van der Waals surface area (Å²) in [6.45, 7) is 0.411. The van der Waals surface area contributed by atoms with Gasteiger partial charge in [-0.1, -0.05) is 11.6 Å². The molecule has 0 bridgehead atoms. The van der Waals surface area contributed by atoms with Gasteiger partial charge in [0.15, 0.2) is 0 Å². The maximum Gasteiger partial charge on any atom is 0.353 e. The number of halogens is 1. The number of ether oxygens (including phenoxy) is 1. The molecule has 0 spiro atoms. The number of aromatic amines is 1. The monoisotopic (exact) mass is 266 g/mol. The van der Waals surface area contributed by atoms with E-state index in [0.29, 0.717) is 29.6 Å². The van der Waals surface area contributed by atoms with Crippen LogP contribution >= 0.6 is 11.6 Å². The van der Waals surface area contributed by atoms with E-state index in [-0.39, 0.29) is 5.69 Å². The summed E-state index contributed by atoms with van der Waals surface area (Å²) in [5, 5.41) is 9.36. The third-order valence-corrected chi connectivity index (χ3v) is 2.53. The largest absolute Gasteiger partial charge is 0.493 e. The highest BCUT2D eigenvalue weighted by molar-refractivity contribution is 6.30. The molecule has 94 valence electrons. The molecule has 2 N–H and O–H groups in total. The SMILES string of the molecule is O=C(O)c1cnc(CCOc2ccc(Cl)cc2)[nH]1. The van der Waals surface area contributed by atoms with Crippen LogP contribution in [0.5, 0.6) is 5.75 Å². The molecule has 0 fully saturated rings. The predicted octanol–water partition coefficient (Wildman–Crippen LogP) is 2.38. The molecule has 0 unspecified atom stereocenters. The maximum atomic E-state index is 10.6. The van der Waals surface area contributed by atoms with Crippen LogP contribution in [0.2, 0.25) is 5.02 Å². The second-order valence-electron chi connectivity index (χ2n) is 3.60. The van der Waals surface area contributed by atoms with Crippen LogP contribution in [0.3, 0.4) is 0 Å². The van der Waals surface area contributed by atoms with Crippen molar-refractivity contribution in [2.24, 2.45) is 0 Å². The highest BCUT2D eigenvalue weighted by Crippen LogP contribution is 2.15. The zero-order chi connectivity index (χ0) is 13.0. The summed E-state index contributed by atoms with van der Waals surface area (Å²) in [5.74, 6) is 0.276. The van der Waals surface area contributed by atoms with Gasteiger partial charge in [-0.05, 0) is 24.3 Å². The Hall–Kier alpha value is -2.01. The average molecular weight is 267 g/mol. The molecule has 2 aromatic rings. The minimum Gasteiger partial charge on any atom is -0.493 e. The van der Waals surface area contributed by atoms with Crippen molar-refractivity contribution in [2.75, 3.05) is 6.61 Å². The Morgan fingerprint density at radius 2 is 2.11 bits per heavy atom. The van der Waals surface area contributed by atoms with Gasteiger partial charge in [-0.3, -0.25) is 0 Å². The Balaban J connectivity index is 1.84. The topological polar surface area (TPSA) is 75.2 Å². The number of imidazole rings is 1. The number of carboxylic acids is 1. The molecule has 0 saturated carbocycles. The van der Waals surface area contributed by atoms with E-state index in [1.54, 1.807) is 24.3 Å². The van der Waals surface area contributed by atoms with E-state index < -0.39 is 5.97 Å². The van der Waals surface area contributed by atoms with E-state index in [0.717, 1.165) is 0 Å². The van der Waals surface area contributed by atoms with Crippen LogP contribution in [-0.2, 0) is 6.42 Å². The summed E-state index contributed by atoms with van der Waals surface area (Å²) < 4.78 is 5.47. The normalized spacial score (nSPS) is 10.3. The molecular formula is C12H11ClN2O3. The van der Waals surface area contributed by atoms with Gasteiger partial charge in [0, 0.05) is 11.4 Å². The molecule has 0 radical (unpaired) electrons. The molecule has 1 aromatic heterocycles. The van der Waals surface area contributed by atoms with E-state index in [9.17, 15) is 4.79 Å². The average Bonchev–Trinajstić information content (AvgIpc) is 2.81. The molecule has 6 heteroatoms. The van der Waals surface area contributed by atoms with Crippen molar-refractivity contribution in [3.8, 4) is 5.75 Å². The van der Waals surface area contributed by atoms with E-state index in [4.69, 9.17) is 21.4 Å². The quantitative estimate of drug-likeness (QED) is 0.871. The van der Waals surface area contributed by atoms with Gasteiger partial charge in [-0.15, -0.1) is 0 Å². The van der Waals surface area contributed by atoms with Crippen molar-refractivity contribution in [2.45, 2.75) is 6.42 Å². The molecule has 0 aliphatic rings. The van der Waals surface area contributed by atoms with Gasteiger partial charge >= 0.3 is 5.97 Å². The highest BCUT2D eigenvalue weighted by atomic mass is 35.5. The number of aromatic nitrogens is 2. The van der Waals surface area contributed by atoms with E-state index in [1.807, 2.05) is 0 Å². The zero-order valence-corrected chi connectivity index (χ0v) is 10.1. The Kier molecular flexibility index (Phi) is 3.84. The molecule has 18 heavy (non-hydrogen) atoms. The van der Waals surface area contributed by atoms with Crippen molar-refractivity contribution in [1.82, 2.24) is 9.97 Å². The molecule has 0 aliphatic carbocycles. The Morgan fingerprint density at radius 3 is 2.72 bits per heavy atom. The van der Waals surface area contributed by atoms with Crippen LogP contribution < -0.4 is 4.74 Å². The second-order valence-corrected chi connectivity index (χ2v) is 4.04. The van der Waals surface area contributed by atoms with Gasteiger partial charge < -0.3 is 14.8 Å². The van der Waals surface area contributed by atoms with Crippen LogP contribution in [0.15, 0.2) is 30.5 Å². The van der Waals surface area contributed by atoms with Crippen LogP contribution in [0.25, 0.3) is 0 Å². The minimum atomic E-state index is -1.02. The summed E-state index contributed by atoms with van der Waals surface area (Å²) >= 11 is 5.75. The number of nitrogens with one attached hydrogen (secondary N) is 1. The Morgan fingerprint density at radius 1 is 1.39 bits per heavy atom. The lowest BCUT2D eigenvalue weighted by molar-refractivity contribution is 0.0691. The number of nitrogens with zero attached hydrogens (tertiary/aromatic N) is 1. The van der Waals surface area contributed by atoms with Gasteiger partial charge in [0.05, 0.1) is 12.8 Å². The molecule has 1 aromatic carbocycles. The van der Waals surface area contributed by atoms with Crippen LogP contribution in [-0.4, -0.2) is 27.7 Å². The lowest BCUT2D eigenvalue weighted by Crippen LogP contribution is -2.03. The Labute approximate surface area is 108 Å². The molecular weight excluding hydrogens is 256 g/mol. The molecule has 0 amide bonds. The fraction of sp³-hybridized carbons (Fsp3) is 0.167. The zero-order valence-electron chi connectivity index (χ0n) is 9.39. The smallest absolute Gasteiger partial charge is 0.353 e. The summed E-state index contributed by atoms with van der Waals surface area (Å²) in [7, 11) is 0. The second kappa shape index (κ2) is 5.55. The predicted molar refractivity (Wildman–Crippen MR) is 66.2 cm³/mol. The van der Waals surface area contributed by atoms with E-state index in [1.165, 1.54) is 6.20 Å². The fourth-order valence-electron chi connectivity index (χ4n) is 1.39. The summed E-state index contributed by atoms with van der Waals surface area (Å²) in [5.41, 5.74) is 0.0801. The number of aromatic carboxylic acids is 1. The van der Waals surface area contributed by atoms with Crippen LogP contribution in [0.1, 0.15) is 16.3 Å². The molecule has 0 aliphatic heterocycles. The van der Waals surface area contributed by atoms with Crippen molar-refractivity contribution in [3.63, 3.8) is 0 Å². The van der Waals surface area contributed by atoms with Crippen molar-refractivity contribution in [3.05, 3.63) is 47.0 Å². The first-order chi connectivity index (χ1) is 8.65. The fourth-order valence-corrected chi connectivity index (χ4v) is 1.52. The van der Waals surface area contributed by atoms with Crippen LogP contribution in [0.4, 0.5) is 0 Å². The van der Waals surface area contributed by atoms with Crippen molar-refractivity contribution in [1.29, 1.82) is 0 Å². The van der Waals surface area contributed by atoms with Gasteiger partial charge in [0.25, 0.3) is 0 Å². The lowest BCUT2D eigenvalue weighted by atomic mass is 10.3. The van der Waals surface area contributed by atoms with Crippen molar-refractivity contribution < 1.29 is 14.6 Å². The molecule has 5 nitrogen and oxygen atoms in total. The molecule has 2 rings (SSSR count). The highest BCUT2D eigenvalue weighted by Gasteiger charge is 2.06. The standard InChI is InChI=1S/C12H11ClN2O3/c13-8-1-3-9(4-2-8)18-6-5-11-14-7-10(15-11)12(16)17/h1-4,7H,5-6H2,(H,14,15)(H,16,17). The number of H-pyrrole nitrogens is 1. The molecule has 0 atom stereocenters. The number of hydrogen-bond donors (Lipinski definition) is 2. The first-order valence-corrected chi connectivity index (χ1v) is 5.68. The molecule has 1 heterocycles. The number of rotatable bonds is 5. The third-order valence-electron chi connectivity index (χ3n) is 2.28. The number of hydrogen-bond acceptors (Lipinski definition) is 3.